The summed E-state index contributed by atoms with van der Waals surface area (Å²) in [6, 6.07) is 18.0. The average Bonchev–Trinajstić information content (AvgIpc) is 2.99. The fraction of sp³-hybridized carbons (Fsp3) is 0.714. The Hall–Kier alpha value is -1.56. The van der Waals surface area contributed by atoms with E-state index in [1.165, 1.54) is 86.5 Å². The molecule has 2 aromatic carbocycles. The van der Waals surface area contributed by atoms with E-state index in [1.54, 1.807) is 0 Å². The summed E-state index contributed by atoms with van der Waals surface area (Å²) in [5, 5.41) is 0. The third-order valence-corrected chi connectivity index (χ3v) is 11.0. The molecule has 0 atom stereocenters. The summed E-state index contributed by atoms with van der Waals surface area (Å²) in [5.74, 6) is 4.55. The van der Waals surface area contributed by atoms with E-state index >= 15 is 0 Å². The molecule has 2 fully saturated rings. The van der Waals surface area contributed by atoms with Crippen molar-refractivity contribution in [2.24, 2.45) is 34.5 Å². The Balaban J connectivity index is 0.000000282. The molecular weight excluding hydrogens is 504 g/mol. The third kappa shape index (κ3) is 11.5. The molecule has 0 saturated heterocycles. The lowest BCUT2D eigenvalue weighted by atomic mass is 9.58. The van der Waals surface area contributed by atoms with Crippen LogP contribution in [0.2, 0.25) is 0 Å². The van der Waals surface area contributed by atoms with Gasteiger partial charge in [0, 0.05) is 0 Å². The predicted octanol–water partition coefficient (Wildman–Crippen LogP) is 13.5. The van der Waals surface area contributed by atoms with E-state index in [0.717, 1.165) is 36.5 Å². The van der Waals surface area contributed by atoms with Gasteiger partial charge in [0.05, 0.1) is 0 Å². The molecule has 2 saturated carbocycles. The van der Waals surface area contributed by atoms with Crippen LogP contribution in [0.4, 0.5) is 0 Å². The third-order valence-electron chi connectivity index (χ3n) is 11.0. The normalized spacial score (nSPS) is 23.0. The molecule has 0 bridgehead atoms. The van der Waals surface area contributed by atoms with Crippen LogP contribution in [0, 0.1) is 34.5 Å². The Morgan fingerprint density at radius 3 is 1.43 bits per heavy atom. The maximum Gasteiger partial charge on any atom is -0.00258 e. The quantitative estimate of drug-likeness (QED) is 0.279. The summed E-state index contributed by atoms with van der Waals surface area (Å²) in [4.78, 5) is 0. The summed E-state index contributed by atoms with van der Waals surface area (Å²) < 4.78 is 0. The zero-order chi connectivity index (χ0) is 31.3. The van der Waals surface area contributed by atoms with Crippen molar-refractivity contribution < 1.29 is 0 Å². The molecule has 0 unspecified atom stereocenters. The predicted molar refractivity (Wildman–Crippen MR) is 190 cm³/mol. The molecule has 0 aliphatic heterocycles. The molecule has 2 aliphatic carbocycles. The fourth-order valence-corrected chi connectivity index (χ4v) is 8.01. The second-order valence-electron chi connectivity index (χ2n) is 15.5. The smallest absolute Gasteiger partial charge is 0.00258 e. The molecule has 0 heteroatoms. The van der Waals surface area contributed by atoms with E-state index < -0.39 is 0 Å². The van der Waals surface area contributed by atoms with Crippen LogP contribution in [0.5, 0.6) is 0 Å². The lowest BCUT2D eigenvalue weighted by Gasteiger charge is -2.47. The van der Waals surface area contributed by atoms with Crippen LogP contribution in [0.15, 0.2) is 48.5 Å². The maximum absolute atomic E-state index is 2.58. The first kappa shape index (κ1) is 36.6. The van der Waals surface area contributed by atoms with Gasteiger partial charge in [-0.1, -0.05) is 157 Å². The molecule has 0 nitrogen and oxygen atoms in total. The number of aryl methyl sites for hydroxylation is 1. The van der Waals surface area contributed by atoms with Gasteiger partial charge in [-0.2, -0.15) is 0 Å². The minimum absolute atomic E-state index is 0.533. The number of rotatable bonds is 9. The Bertz CT molecular complexity index is 958. The first-order chi connectivity index (χ1) is 19.9. The molecule has 0 amide bonds. The first-order valence-electron chi connectivity index (χ1n) is 18.1. The van der Waals surface area contributed by atoms with E-state index in [-0.39, 0.29) is 0 Å². The topological polar surface area (TPSA) is 0 Å². The van der Waals surface area contributed by atoms with Crippen molar-refractivity contribution >= 4 is 0 Å². The SMILES string of the molecule is CC.CCC1CCC(C(C)(C)CC(C)(C)C2CCC(C)CC2)CC1.CCc1ccc(Cc2ccc(C(C)C)cc2)cc1. The van der Waals surface area contributed by atoms with Crippen LogP contribution >= 0.6 is 0 Å². The summed E-state index contributed by atoms with van der Waals surface area (Å²) in [5.41, 5.74) is 6.68. The van der Waals surface area contributed by atoms with Gasteiger partial charge >= 0.3 is 0 Å². The van der Waals surface area contributed by atoms with Crippen LogP contribution in [0.3, 0.4) is 0 Å². The summed E-state index contributed by atoms with van der Waals surface area (Å²) in [6.07, 6.45) is 16.8. The molecule has 0 spiro atoms. The van der Waals surface area contributed by atoms with Crippen molar-refractivity contribution in [3.8, 4) is 0 Å². The zero-order valence-electron chi connectivity index (χ0n) is 30.0. The molecule has 0 radical (unpaired) electrons. The number of hydrogen-bond donors (Lipinski definition) is 0. The van der Waals surface area contributed by atoms with Crippen molar-refractivity contribution in [3.05, 3.63) is 70.8 Å². The highest BCUT2D eigenvalue weighted by atomic mass is 14.5. The molecule has 0 N–H and O–H groups in total. The second-order valence-corrected chi connectivity index (χ2v) is 15.5. The van der Waals surface area contributed by atoms with Gasteiger partial charge in [0.15, 0.2) is 0 Å². The largest absolute Gasteiger partial charge is 0.0683 e. The van der Waals surface area contributed by atoms with Crippen LogP contribution in [0.25, 0.3) is 0 Å². The van der Waals surface area contributed by atoms with Gasteiger partial charge in [0.2, 0.25) is 0 Å². The van der Waals surface area contributed by atoms with E-state index in [9.17, 15) is 0 Å². The molecular formula is C42H70. The maximum atomic E-state index is 2.58. The second kappa shape index (κ2) is 17.7. The number of benzene rings is 2. The van der Waals surface area contributed by atoms with Gasteiger partial charge in [-0.15, -0.1) is 0 Å². The van der Waals surface area contributed by atoms with Gasteiger partial charge in [-0.3, -0.25) is 0 Å². The molecule has 42 heavy (non-hydrogen) atoms. The van der Waals surface area contributed by atoms with Crippen molar-refractivity contribution in [1.82, 2.24) is 0 Å². The highest BCUT2D eigenvalue weighted by Crippen LogP contribution is 2.51. The summed E-state index contributed by atoms with van der Waals surface area (Å²) in [7, 11) is 0. The van der Waals surface area contributed by atoms with Crippen molar-refractivity contribution in [2.75, 3.05) is 0 Å². The monoisotopic (exact) mass is 575 g/mol. The molecule has 4 rings (SSSR count). The molecule has 0 heterocycles. The van der Waals surface area contributed by atoms with Crippen LogP contribution in [-0.2, 0) is 12.8 Å². The van der Waals surface area contributed by atoms with E-state index in [2.05, 4.69) is 111 Å². The Kier molecular flexibility index (Phi) is 15.4. The van der Waals surface area contributed by atoms with Gasteiger partial charge < -0.3 is 0 Å². The molecule has 2 aromatic rings. The van der Waals surface area contributed by atoms with Crippen LogP contribution in [-0.4, -0.2) is 0 Å². The molecule has 2 aliphatic rings. The van der Waals surface area contributed by atoms with Crippen molar-refractivity contribution in [1.29, 1.82) is 0 Å². The fourth-order valence-electron chi connectivity index (χ4n) is 8.01. The lowest BCUT2D eigenvalue weighted by Crippen LogP contribution is -2.37. The Labute approximate surface area is 263 Å². The summed E-state index contributed by atoms with van der Waals surface area (Å²) in [6.45, 7) is 25.8. The zero-order valence-corrected chi connectivity index (χ0v) is 30.0. The number of hydrogen-bond acceptors (Lipinski definition) is 0. The standard InChI is InChI=1S/C22H42.C18H22.C2H6/c1-7-18-10-14-20(15-11-18)22(5,6)16-21(3,4)19-12-8-17(2)9-13-19;1-4-15-5-7-16(8-6-15)13-17-9-11-18(12-10-17)14(2)3;1-2/h17-20H,7-16H2,1-6H3;5-12,14H,4,13H2,1-3H3;1-2H3. The van der Waals surface area contributed by atoms with Crippen molar-refractivity contribution in [3.63, 3.8) is 0 Å². The van der Waals surface area contributed by atoms with Crippen LogP contribution < -0.4 is 0 Å². The Morgan fingerprint density at radius 1 is 0.619 bits per heavy atom. The van der Waals surface area contributed by atoms with Gasteiger partial charge in [0.25, 0.3) is 0 Å². The molecule has 238 valence electrons. The van der Waals surface area contributed by atoms with Gasteiger partial charge in [-0.05, 0) is 108 Å². The minimum Gasteiger partial charge on any atom is -0.0683 e. The molecule has 0 aromatic heterocycles. The average molecular weight is 575 g/mol. The van der Waals surface area contributed by atoms with Crippen LogP contribution in [0.1, 0.15) is 169 Å². The lowest BCUT2D eigenvalue weighted by molar-refractivity contribution is 0.0334. The Morgan fingerprint density at radius 2 is 1.02 bits per heavy atom. The van der Waals surface area contributed by atoms with E-state index in [4.69, 9.17) is 0 Å². The first-order valence-corrected chi connectivity index (χ1v) is 18.1. The minimum atomic E-state index is 0.533. The van der Waals surface area contributed by atoms with Crippen molar-refractivity contribution in [2.45, 2.75) is 159 Å². The highest BCUT2D eigenvalue weighted by molar-refractivity contribution is 5.31. The van der Waals surface area contributed by atoms with Gasteiger partial charge in [-0.25, -0.2) is 0 Å². The van der Waals surface area contributed by atoms with E-state index in [0.29, 0.717) is 16.7 Å². The summed E-state index contributed by atoms with van der Waals surface area (Å²) >= 11 is 0. The highest BCUT2D eigenvalue weighted by Gasteiger charge is 2.40. The van der Waals surface area contributed by atoms with E-state index in [1.807, 2.05) is 13.8 Å². The van der Waals surface area contributed by atoms with Gasteiger partial charge in [0.1, 0.15) is 0 Å².